The quantitative estimate of drug-likeness (QED) is 0.615. The van der Waals surface area contributed by atoms with E-state index in [1.165, 1.54) is 11.8 Å². The summed E-state index contributed by atoms with van der Waals surface area (Å²) in [6.07, 6.45) is 1.87. The number of rotatable bonds is 3. The van der Waals surface area contributed by atoms with Crippen molar-refractivity contribution >= 4 is 63.6 Å². The minimum absolute atomic E-state index is 0.138. The van der Waals surface area contributed by atoms with E-state index in [1.807, 2.05) is 54.6 Å². The molecule has 3 rings (SSSR count). The third-order valence-electron chi connectivity index (χ3n) is 2.89. The maximum Gasteiger partial charge on any atom is 0.263 e. The Morgan fingerprint density at radius 2 is 1.86 bits per heavy atom. The maximum absolute atomic E-state index is 11.8. The SMILES string of the molecule is O=C1NC(=S)S/C1=C/c1ccccc1Sc1ccc(Cl)cc1. The Balaban J connectivity index is 1.90. The summed E-state index contributed by atoms with van der Waals surface area (Å²) in [5.74, 6) is -0.138. The molecule has 110 valence electrons. The number of thioether (sulfide) groups is 1. The molecule has 1 heterocycles. The van der Waals surface area contributed by atoms with Gasteiger partial charge in [-0.3, -0.25) is 4.79 Å². The van der Waals surface area contributed by atoms with Crippen LogP contribution in [0.4, 0.5) is 0 Å². The molecular formula is C16H10ClNOS3. The molecule has 0 atom stereocenters. The van der Waals surface area contributed by atoms with Crippen LogP contribution in [0.5, 0.6) is 0 Å². The number of carbonyl (C=O) groups is 1. The molecule has 1 N–H and O–H groups in total. The van der Waals surface area contributed by atoms with Gasteiger partial charge in [-0.2, -0.15) is 0 Å². The number of benzene rings is 2. The average Bonchev–Trinajstić information content (AvgIpc) is 2.81. The van der Waals surface area contributed by atoms with Crippen LogP contribution < -0.4 is 5.32 Å². The smallest absolute Gasteiger partial charge is 0.263 e. The van der Waals surface area contributed by atoms with Gasteiger partial charge < -0.3 is 5.32 Å². The predicted octanol–water partition coefficient (Wildman–Crippen LogP) is 4.98. The van der Waals surface area contributed by atoms with Crippen molar-refractivity contribution in [2.75, 3.05) is 0 Å². The molecule has 0 bridgehead atoms. The van der Waals surface area contributed by atoms with Crippen LogP contribution in [0.2, 0.25) is 5.02 Å². The second-order valence-electron chi connectivity index (χ2n) is 4.45. The average molecular weight is 364 g/mol. The molecule has 2 nitrogen and oxygen atoms in total. The van der Waals surface area contributed by atoms with Crippen LogP contribution in [0.3, 0.4) is 0 Å². The largest absolute Gasteiger partial charge is 0.307 e. The van der Waals surface area contributed by atoms with E-state index >= 15 is 0 Å². The van der Waals surface area contributed by atoms with Crippen LogP contribution in [0, 0.1) is 0 Å². The van der Waals surface area contributed by atoms with Crippen molar-refractivity contribution in [1.29, 1.82) is 0 Å². The maximum atomic E-state index is 11.8. The molecule has 1 saturated heterocycles. The molecule has 2 aromatic rings. The summed E-state index contributed by atoms with van der Waals surface area (Å²) in [7, 11) is 0. The van der Waals surface area contributed by atoms with Gasteiger partial charge in [0.1, 0.15) is 4.32 Å². The molecule has 22 heavy (non-hydrogen) atoms. The Morgan fingerprint density at radius 1 is 1.14 bits per heavy atom. The third-order valence-corrected chi connectivity index (χ3v) is 5.40. The highest BCUT2D eigenvalue weighted by molar-refractivity contribution is 8.26. The van der Waals surface area contributed by atoms with Crippen molar-refractivity contribution in [1.82, 2.24) is 5.32 Å². The highest BCUT2D eigenvalue weighted by Gasteiger charge is 2.22. The van der Waals surface area contributed by atoms with Crippen molar-refractivity contribution in [3.05, 3.63) is 64.0 Å². The number of halogens is 1. The molecule has 1 fully saturated rings. The summed E-state index contributed by atoms with van der Waals surface area (Å²) in [6.45, 7) is 0. The topological polar surface area (TPSA) is 29.1 Å². The van der Waals surface area contributed by atoms with Gasteiger partial charge in [-0.15, -0.1) is 0 Å². The number of nitrogens with one attached hydrogen (secondary N) is 1. The van der Waals surface area contributed by atoms with Gasteiger partial charge in [0.15, 0.2) is 0 Å². The molecule has 0 aliphatic carbocycles. The summed E-state index contributed by atoms with van der Waals surface area (Å²) >= 11 is 13.8. The van der Waals surface area contributed by atoms with Gasteiger partial charge in [-0.05, 0) is 42.0 Å². The Morgan fingerprint density at radius 3 is 2.55 bits per heavy atom. The standard InChI is InChI=1S/C16H10ClNOS3/c17-11-5-7-12(8-6-11)21-13-4-2-1-3-10(13)9-14-15(19)18-16(20)22-14/h1-9H,(H,18,19,20)/b14-9+. The first kappa shape index (κ1) is 15.6. The second-order valence-corrected chi connectivity index (χ2v) is 7.72. The zero-order valence-corrected chi connectivity index (χ0v) is 14.4. The van der Waals surface area contributed by atoms with Crippen molar-refractivity contribution in [2.24, 2.45) is 0 Å². The van der Waals surface area contributed by atoms with Crippen LogP contribution in [-0.4, -0.2) is 10.2 Å². The van der Waals surface area contributed by atoms with Crippen LogP contribution >= 0.6 is 47.3 Å². The van der Waals surface area contributed by atoms with E-state index < -0.39 is 0 Å². The predicted molar refractivity (Wildman–Crippen MR) is 98.3 cm³/mol. The van der Waals surface area contributed by atoms with Gasteiger partial charge in [-0.1, -0.05) is 65.5 Å². The van der Waals surface area contributed by atoms with Crippen molar-refractivity contribution in [2.45, 2.75) is 9.79 Å². The summed E-state index contributed by atoms with van der Waals surface area (Å²) in [6, 6.07) is 15.6. The van der Waals surface area contributed by atoms with Gasteiger partial charge in [0.25, 0.3) is 5.91 Å². The summed E-state index contributed by atoms with van der Waals surface area (Å²) in [4.78, 5) is 14.6. The lowest BCUT2D eigenvalue weighted by atomic mass is 10.2. The highest BCUT2D eigenvalue weighted by Crippen LogP contribution is 2.34. The van der Waals surface area contributed by atoms with Gasteiger partial charge in [0.05, 0.1) is 4.91 Å². The Kier molecular flexibility index (Phi) is 4.88. The zero-order valence-electron chi connectivity index (χ0n) is 11.2. The fourth-order valence-electron chi connectivity index (χ4n) is 1.88. The van der Waals surface area contributed by atoms with E-state index in [0.717, 1.165) is 15.4 Å². The lowest BCUT2D eigenvalue weighted by molar-refractivity contribution is -0.115. The van der Waals surface area contributed by atoms with E-state index in [0.29, 0.717) is 14.2 Å². The van der Waals surface area contributed by atoms with E-state index in [-0.39, 0.29) is 5.91 Å². The Bertz CT molecular complexity index is 771. The number of amides is 1. The number of thiocarbonyl (C=S) groups is 1. The van der Waals surface area contributed by atoms with Crippen LogP contribution in [0.15, 0.2) is 63.2 Å². The molecule has 0 unspecified atom stereocenters. The first-order valence-electron chi connectivity index (χ1n) is 6.39. The lowest BCUT2D eigenvalue weighted by Crippen LogP contribution is -2.17. The van der Waals surface area contributed by atoms with Crippen LogP contribution in [0.25, 0.3) is 6.08 Å². The van der Waals surface area contributed by atoms with Gasteiger partial charge in [0.2, 0.25) is 0 Å². The zero-order chi connectivity index (χ0) is 15.5. The Hall–Kier alpha value is -1.27. The molecule has 0 aromatic heterocycles. The summed E-state index contributed by atoms with van der Waals surface area (Å²) in [5, 5.41) is 3.34. The van der Waals surface area contributed by atoms with Gasteiger partial charge in [0, 0.05) is 14.8 Å². The van der Waals surface area contributed by atoms with Crippen molar-refractivity contribution < 1.29 is 4.79 Å². The molecular weight excluding hydrogens is 354 g/mol. The minimum atomic E-state index is -0.138. The molecule has 0 spiro atoms. The molecule has 0 saturated carbocycles. The van der Waals surface area contributed by atoms with E-state index in [9.17, 15) is 4.79 Å². The number of carbonyl (C=O) groups excluding carboxylic acids is 1. The fourth-order valence-corrected chi connectivity index (χ4v) is 3.96. The fraction of sp³-hybridized carbons (Fsp3) is 0. The summed E-state index contributed by atoms with van der Waals surface area (Å²) in [5.41, 5.74) is 0.991. The third kappa shape index (κ3) is 3.73. The van der Waals surface area contributed by atoms with Crippen LogP contribution in [0.1, 0.15) is 5.56 Å². The molecule has 1 amide bonds. The minimum Gasteiger partial charge on any atom is -0.307 e. The molecule has 1 aliphatic heterocycles. The van der Waals surface area contributed by atoms with E-state index in [2.05, 4.69) is 5.32 Å². The monoisotopic (exact) mass is 363 g/mol. The normalized spacial score (nSPS) is 16.1. The lowest BCUT2D eigenvalue weighted by Gasteiger charge is -2.06. The van der Waals surface area contributed by atoms with E-state index in [1.54, 1.807) is 11.8 Å². The number of hydrogen-bond donors (Lipinski definition) is 1. The van der Waals surface area contributed by atoms with Gasteiger partial charge in [-0.25, -0.2) is 0 Å². The molecule has 0 radical (unpaired) electrons. The molecule has 2 aromatic carbocycles. The Labute approximate surface area is 147 Å². The van der Waals surface area contributed by atoms with E-state index in [4.69, 9.17) is 23.8 Å². The van der Waals surface area contributed by atoms with Gasteiger partial charge >= 0.3 is 0 Å². The molecule has 1 aliphatic rings. The first-order valence-corrected chi connectivity index (χ1v) is 8.81. The highest BCUT2D eigenvalue weighted by atomic mass is 35.5. The van der Waals surface area contributed by atoms with Crippen LogP contribution in [-0.2, 0) is 4.79 Å². The molecule has 6 heteroatoms. The second kappa shape index (κ2) is 6.87. The first-order chi connectivity index (χ1) is 10.6. The van der Waals surface area contributed by atoms with Crippen molar-refractivity contribution in [3.8, 4) is 0 Å². The van der Waals surface area contributed by atoms with Crippen molar-refractivity contribution in [3.63, 3.8) is 0 Å². The number of hydrogen-bond acceptors (Lipinski definition) is 4. The summed E-state index contributed by atoms with van der Waals surface area (Å²) < 4.78 is 0.499.